The first-order valence-corrected chi connectivity index (χ1v) is 7.75. The number of hydrogen-bond donors (Lipinski definition) is 1. The molecule has 2 N–H and O–H groups in total. The smallest absolute Gasteiger partial charge is 0.161 e. The lowest BCUT2D eigenvalue weighted by molar-refractivity contribution is 0.284. The molecule has 0 aromatic heterocycles. The van der Waals surface area contributed by atoms with Crippen LogP contribution in [0, 0.1) is 0 Å². The molecule has 3 nitrogen and oxygen atoms in total. The molecule has 118 valence electrons. The average Bonchev–Trinajstić information content (AvgIpc) is 2.46. The fourth-order valence-corrected chi connectivity index (χ4v) is 2.66. The Morgan fingerprint density at radius 2 is 1.77 bits per heavy atom. The van der Waals surface area contributed by atoms with Crippen LogP contribution >= 0.6 is 23.2 Å². The molecule has 0 saturated heterocycles. The van der Waals surface area contributed by atoms with Crippen LogP contribution in [0.2, 0.25) is 10.0 Å². The maximum absolute atomic E-state index is 6.16. The average molecular weight is 340 g/mol. The predicted molar refractivity (Wildman–Crippen MR) is 91.1 cm³/mol. The standard InChI is InChI=1S/C17H19Cl2NO2/c1-11(20)8-12-6-7-16(21-2)17(9-12)22-10-13-14(18)4-3-5-15(13)19/h3-7,9,11H,8,10,20H2,1-2H3. The van der Waals surface area contributed by atoms with Crippen LogP contribution in [-0.4, -0.2) is 13.2 Å². The molecule has 2 rings (SSSR count). The van der Waals surface area contributed by atoms with Gasteiger partial charge in [0, 0.05) is 21.7 Å². The molecule has 22 heavy (non-hydrogen) atoms. The van der Waals surface area contributed by atoms with Crippen molar-refractivity contribution in [2.75, 3.05) is 7.11 Å². The highest BCUT2D eigenvalue weighted by Gasteiger charge is 2.10. The van der Waals surface area contributed by atoms with Crippen LogP contribution in [0.5, 0.6) is 11.5 Å². The first-order chi connectivity index (χ1) is 10.5. The highest BCUT2D eigenvalue weighted by molar-refractivity contribution is 6.35. The summed E-state index contributed by atoms with van der Waals surface area (Å²) >= 11 is 12.3. The number of rotatable bonds is 6. The summed E-state index contributed by atoms with van der Waals surface area (Å²) in [5, 5.41) is 1.16. The van der Waals surface area contributed by atoms with Gasteiger partial charge in [0.1, 0.15) is 6.61 Å². The SMILES string of the molecule is COc1ccc(CC(C)N)cc1OCc1c(Cl)cccc1Cl. The summed E-state index contributed by atoms with van der Waals surface area (Å²) in [4.78, 5) is 0. The van der Waals surface area contributed by atoms with Crippen molar-refractivity contribution in [3.05, 3.63) is 57.6 Å². The lowest BCUT2D eigenvalue weighted by Crippen LogP contribution is -2.17. The molecule has 0 fully saturated rings. The van der Waals surface area contributed by atoms with Gasteiger partial charge in [0.25, 0.3) is 0 Å². The van der Waals surface area contributed by atoms with Crippen molar-refractivity contribution in [1.29, 1.82) is 0 Å². The molecule has 1 atom stereocenters. The highest BCUT2D eigenvalue weighted by atomic mass is 35.5. The van der Waals surface area contributed by atoms with Crippen LogP contribution in [-0.2, 0) is 13.0 Å². The van der Waals surface area contributed by atoms with Gasteiger partial charge in [0.15, 0.2) is 11.5 Å². The molecule has 0 spiro atoms. The van der Waals surface area contributed by atoms with E-state index < -0.39 is 0 Å². The van der Waals surface area contributed by atoms with Crippen molar-refractivity contribution in [3.8, 4) is 11.5 Å². The number of ether oxygens (including phenoxy) is 2. The first-order valence-electron chi connectivity index (χ1n) is 6.99. The van der Waals surface area contributed by atoms with E-state index in [0.29, 0.717) is 21.5 Å². The Morgan fingerprint density at radius 1 is 1.09 bits per heavy atom. The lowest BCUT2D eigenvalue weighted by Gasteiger charge is -2.14. The maximum Gasteiger partial charge on any atom is 0.161 e. The van der Waals surface area contributed by atoms with Gasteiger partial charge in [-0.05, 0) is 43.2 Å². The van der Waals surface area contributed by atoms with Gasteiger partial charge in [-0.15, -0.1) is 0 Å². The molecule has 0 aliphatic heterocycles. The normalized spacial score (nSPS) is 12.0. The van der Waals surface area contributed by atoms with Crippen LogP contribution in [0.15, 0.2) is 36.4 Å². The third-order valence-corrected chi connectivity index (χ3v) is 3.93. The molecule has 0 amide bonds. The fourth-order valence-electron chi connectivity index (χ4n) is 2.15. The van der Waals surface area contributed by atoms with E-state index in [-0.39, 0.29) is 12.6 Å². The summed E-state index contributed by atoms with van der Waals surface area (Å²) in [6.45, 7) is 2.24. The molecular formula is C17H19Cl2NO2. The van der Waals surface area contributed by atoms with Crippen molar-refractivity contribution >= 4 is 23.2 Å². The Hall–Kier alpha value is -1.42. The van der Waals surface area contributed by atoms with Crippen molar-refractivity contribution in [3.63, 3.8) is 0 Å². The molecule has 0 saturated carbocycles. The van der Waals surface area contributed by atoms with E-state index in [9.17, 15) is 0 Å². The van der Waals surface area contributed by atoms with Crippen LogP contribution in [0.1, 0.15) is 18.1 Å². The molecule has 0 bridgehead atoms. The van der Waals surface area contributed by atoms with Crippen molar-refractivity contribution in [1.82, 2.24) is 0 Å². The van der Waals surface area contributed by atoms with Crippen molar-refractivity contribution < 1.29 is 9.47 Å². The summed E-state index contributed by atoms with van der Waals surface area (Å²) < 4.78 is 11.2. The number of halogens is 2. The maximum atomic E-state index is 6.16. The highest BCUT2D eigenvalue weighted by Crippen LogP contribution is 2.31. The van der Waals surface area contributed by atoms with Gasteiger partial charge in [0.05, 0.1) is 7.11 Å². The fraction of sp³-hybridized carbons (Fsp3) is 0.294. The largest absolute Gasteiger partial charge is 0.493 e. The monoisotopic (exact) mass is 339 g/mol. The number of hydrogen-bond acceptors (Lipinski definition) is 3. The van der Waals surface area contributed by atoms with E-state index in [2.05, 4.69) is 0 Å². The zero-order valence-electron chi connectivity index (χ0n) is 12.6. The predicted octanol–water partition coefficient (Wildman–Crippen LogP) is 4.47. The Kier molecular flexibility index (Phi) is 5.95. The second kappa shape index (κ2) is 7.73. The number of nitrogens with two attached hydrogens (primary N) is 1. The van der Waals surface area contributed by atoms with Gasteiger partial charge in [-0.1, -0.05) is 35.3 Å². The second-order valence-electron chi connectivity index (χ2n) is 5.16. The third kappa shape index (κ3) is 4.29. The van der Waals surface area contributed by atoms with E-state index in [1.54, 1.807) is 25.3 Å². The Balaban J connectivity index is 2.20. The molecule has 0 aliphatic rings. The topological polar surface area (TPSA) is 44.5 Å². The minimum absolute atomic E-state index is 0.0826. The molecule has 1 unspecified atom stereocenters. The second-order valence-corrected chi connectivity index (χ2v) is 5.97. The van der Waals surface area contributed by atoms with Crippen LogP contribution in [0.25, 0.3) is 0 Å². The molecule has 0 aliphatic carbocycles. The van der Waals surface area contributed by atoms with Gasteiger partial charge < -0.3 is 15.2 Å². The third-order valence-electron chi connectivity index (χ3n) is 3.22. The van der Waals surface area contributed by atoms with Crippen LogP contribution < -0.4 is 15.2 Å². The molecule has 2 aromatic rings. The summed E-state index contributed by atoms with van der Waals surface area (Å²) in [6.07, 6.45) is 0.771. The van der Waals surface area contributed by atoms with Gasteiger partial charge in [0.2, 0.25) is 0 Å². The Morgan fingerprint density at radius 3 is 2.36 bits per heavy atom. The summed E-state index contributed by atoms with van der Waals surface area (Å²) in [7, 11) is 1.61. The molecular weight excluding hydrogens is 321 g/mol. The van der Waals surface area contributed by atoms with Crippen molar-refractivity contribution in [2.24, 2.45) is 5.73 Å². The molecule has 5 heteroatoms. The molecule has 0 radical (unpaired) electrons. The van der Waals surface area contributed by atoms with Crippen LogP contribution in [0.3, 0.4) is 0 Å². The van der Waals surface area contributed by atoms with Gasteiger partial charge in [-0.3, -0.25) is 0 Å². The zero-order valence-corrected chi connectivity index (χ0v) is 14.1. The molecule has 0 heterocycles. The Bertz CT molecular complexity index is 624. The van der Waals surface area contributed by atoms with E-state index in [4.69, 9.17) is 38.4 Å². The minimum Gasteiger partial charge on any atom is -0.493 e. The van der Waals surface area contributed by atoms with Crippen LogP contribution in [0.4, 0.5) is 0 Å². The minimum atomic E-state index is 0.0826. The summed E-state index contributed by atoms with van der Waals surface area (Å²) in [6, 6.07) is 11.3. The summed E-state index contributed by atoms with van der Waals surface area (Å²) in [5.41, 5.74) is 7.69. The first kappa shape index (κ1) is 16.9. The molecule has 2 aromatic carbocycles. The number of benzene rings is 2. The van der Waals surface area contributed by atoms with Crippen molar-refractivity contribution in [2.45, 2.75) is 26.0 Å². The van der Waals surface area contributed by atoms with E-state index in [1.165, 1.54) is 0 Å². The van der Waals surface area contributed by atoms with Gasteiger partial charge in [-0.2, -0.15) is 0 Å². The lowest BCUT2D eigenvalue weighted by atomic mass is 10.1. The van der Waals surface area contributed by atoms with E-state index in [1.807, 2.05) is 25.1 Å². The quantitative estimate of drug-likeness (QED) is 0.844. The number of methoxy groups -OCH3 is 1. The van der Waals surface area contributed by atoms with E-state index in [0.717, 1.165) is 17.5 Å². The van der Waals surface area contributed by atoms with Gasteiger partial charge >= 0.3 is 0 Å². The summed E-state index contributed by atoms with van der Waals surface area (Å²) in [5.74, 6) is 1.31. The van der Waals surface area contributed by atoms with Gasteiger partial charge in [-0.25, -0.2) is 0 Å². The zero-order chi connectivity index (χ0) is 16.1. The Labute approximate surface area is 140 Å². The van der Waals surface area contributed by atoms with E-state index >= 15 is 0 Å².